The number of cyclic esters (lactones) is 2. The number of carbonyl (C=O) groups is 4. The van der Waals surface area contributed by atoms with Crippen LogP contribution in [0.2, 0.25) is 0 Å². The Hall–Kier alpha value is -4.22. The van der Waals surface area contributed by atoms with E-state index in [0.717, 1.165) is 0 Å². The molecule has 38 heavy (non-hydrogen) atoms. The van der Waals surface area contributed by atoms with Crippen molar-refractivity contribution in [3.05, 3.63) is 53.6 Å². The van der Waals surface area contributed by atoms with Crippen LogP contribution in [0.25, 0.3) is 0 Å². The fraction of sp³-hybridized carbons (Fsp3) is 0.423. The number of aromatic hydroxyl groups is 1. The molecular weight excluding hydrogens is 503 g/mol. The van der Waals surface area contributed by atoms with Crippen molar-refractivity contribution in [3.63, 3.8) is 0 Å². The molecule has 1 saturated heterocycles. The Labute approximate surface area is 218 Å². The normalized spacial score (nSPS) is 21.8. The first kappa shape index (κ1) is 28.4. The average molecular weight is 533 g/mol. The summed E-state index contributed by atoms with van der Waals surface area (Å²) in [4.78, 5) is 55.2. The van der Waals surface area contributed by atoms with Crippen LogP contribution >= 0.6 is 0 Å². The number of carbonyl (C=O) groups excluding carboxylic acids is 4. The first-order valence-electron chi connectivity index (χ1n) is 11.9. The molecule has 0 bridgehead atoms. The fourth-order valence-electron chi connectivity index (χ4n) is 3.75. The predicted molar refractivity (Wildman–Crippen MR) is 129 cm³/mol. The molecule has 0 aliphatic carbocycles. The lowest BCUT2D eigenvalue weighted by Gasteiger charge is -2.29. The van der Waals surface area contributed by atoms with Gasteiger partial charge in [-0.2, -0.15) is 0 Å². The minimum absolute atomic E-state index is 0.00429. The molecule has 1 aromatic carbocycles. The number of benzene rings is 1. The zero-order valence-electron chi connectivity index (χ0n) is 21.3. The van der Waals surface area contributed by atoms with Crippen LogP contribution < -0.4 is 10.1 Å². The van der Waals surface area contributed by atoms with Gasteiger partial charge in [-0.1, -0.05) is 26.0 Å². The van der Waals surface area contributed by atoms with E-state index in [9.17, 15) is 28.7 Å². The molecule has 4 atom stereocenters. The zero-order chi connectivity index (χ0) is 28.0. The van der Waals surface area contributed by atoms with Crippen LogP contribution in [-0.4, -0.2) is 65.9 Å². The summed E-state index contributed by atoms with van der Waals surface area (Å²) < 4.78 is 34.8. The van der Waals surface area contributed by atoms with E-state index in [1.165, 1.54) is 50.6 Å². The van der Waals surface area contributed by atoms with E-state index in [-0.39, 0.29) is 12.2 Å². The first-order valence-corrected chi connectivity index (χ1v) is 11.9. The quantitative estimate of drug-likeness (QED) is 0.400. The van der Waals surface area contributed by atoms with Crippen LogP contribution in [0.1, 0.15) is 36.8 Å². The maximum atomic E-state index is 13.4. The topological polar surface area (TPSA) is 150 Å². The van der Waals surface area contributed by atoms with E-state index in [4.69, 9.17) is 18.9 Å². The van der Waals surface area contributed by atoms with Crippen LogP contribution in [0.3, 0.4) is 0 Å². The van der Waals surface area contributed by atoms with Crippen molar-refractivity contribution < 1.29 is 47.6 Å². The maximum absolute atomic E-state index is 13.4. The predicted octanol–water partition coefficient (Wildman–Crippen LogP) is 1.95. The molecule has 0 saturated carbocycles. The second-order valence-electron chi connectivity index (χ2n) is 9.00. The van der Waals surface area contributed by atoms with E-state index in [0.29, 0.717) is 5.56 Å². The Morgan fingerprint density at radius 1 is 1.18 bits per heavy atom. The van der Waals surface area contributed by atoms with E-state index in [1.807, 2.05) is 0 Å². The molecular formula is C26H29FN2O9. The smallest absolute Gasteiger partial charge is 0.332 e. The number of amides is 1. The summed E-state index contributed by atoms with van der Waals surface area (Å²) in [7, 11) is 1.29. The lowest BCUT2D eigenvalue weighted by molar-refractivity contribution is -0.176. The molecule has 11 nitrogen and oxygen atoms in total. The number of nitrogens with zero attached hydrogens (tertiary/aromatic N) is 1. The molecule has 2 heterocycles. The summed E-state index contributed by atoms with van der Waals surface area (Å²) in [6.45, 7) is 4.05. The van der Waals surface area contributed by atoms with Gasteiger partial charge in [-0.05, 0) is 31.0 Å². The molecule has 1 aliphatic heterocycles. The third kappa shape index (κ3) is 6.75. The van der Waals surface area contributed by atoms with Crippen LogP contribution in [0.4, 0.5) is 4.39 Å². The van der Waals surface area contributed by atoms with Crippen molar-refractivity contribution in [2.75, 3.05) is 13.7 Å². The molecule has 0 spiro atoms. The van der Waals surface area contributed by atoms with Crippen LogP contribution in [-0.2, 0) is 35.0 Å². The maximum Gasteiger partial charge on any atom is 0.332 e. The standard InChI is InChI=1S/C26H29FN2O9/c1-13(2)24(32)38-22-14(3)37-26(34)18(29-23(31)20-21(30)19(35-4)9-10-28-20)12-36-25(33)17(22)11-15-5-7-16(27)8-6-15/h5-10,13-14,17-18,22,30H,11-12H2,1-4H3,(H,29,31). The van der Waals surface area contributed by atoms with Crippen LogP contribution in [0.5, 0.6) is 11.5 Å². The average Bonchev–Trinajstić information content (AvgIpc) is 2.91. The molecule has 1 aromatic heterocycles. The lowest BCUT2D eigenvalue weighted by atomic mass is 9.91. The Kier molecular flexibility index (Phi) is 9.21. The Bertz CT molecular complexity index is 1190. The van der Waals surface area contributed by atoms with Gasteiger partial charge in [-0.25, -0.2) is 14.2 Å². The van der Waals surface area contributed by atoms with E-state index in [1.54, 1.807) is 13.8 Å². The Morgan fingerprint density at radius 2 is 1.87 bits per heavy atom. The number of hydrogen-bond acceptors (Lipinski definition) is 10. The highest BCUT2D eigenvalue weighted by atomic mass is 19.1. The molecule has 2 N–H and O–H groups in total. The summed E-state index contributed by atoms with van der Waals surface area (Å²) >= 11 is 0. The third-order valence-corrected chi connectivity index (χ3v) is 5.86. The van der Waals surface area contributed by atoms with Crippen molar-refractivity contribution in [2.24, 2.45) is 11.8 Å². The van der Waals surface area contributed by atoms with Gasteiger partial charge >= 0.3 is 17.9 Å². The highest BCUT2D eigenvalue weighted by Gasteiger charge is 2.42. The molecule has 0 radical (unpaired) electrons. The van der Waals surface area contributed by atoms with E-state index >= 15 is 0 Å². The summed E-state index contributed by atoms with van der Waals surface area (Å²) in [5.74, 6) is -6.03. The number of pyridine rings is 1. The minimum Gasteiger partial charge on any atom is -0.503 e. The minimum atomic E-state index is -1.47. The van der Waals surface area contributed by atoms with E-state index in [2.05, 4.69) is 10.3 Å². The molecule has 1 amide bonds. The number of nitrogens with one attached hydrogen (secondary N) is 1. The van der Waals surface area contributed by atoms with Crippen molar-refractivity contribution in [2.45, 2.75) is 45.4 Å². The Morgan fingerprint density at radius 3 is 2.50 bits per heavy atom. The van der Waals surface area contributed by atoms with Gasteiger partial charge in [0.1, 0.15) is 24.4 Å². The number of halogens is 1. The number of esters is 3. The fourth-order valence-corrected chi connectivity index (χ4v) is 3.75. The number of rotatable bonds is 7. The number of aromatic nitrogens is 1. The zero-order valence-corrected chi connectivity index (χ0v) is 21.3. The lowest BCUT2D eigenvalue weighted by Crippen LogP contribution is -2.47. The van der Waals surface area contributed by atoms with E-state index < -0.39 is 77.8 Å². The highest BCUT2D eigenvalue weighted by Crippen LogP contribution is 2.28. The molecule has 204 valence electrons. The SMILES string of the molecule is COc1ccnc(C(=O)NC2COC(=O)C(Cc3ccc(F)cc3)C(OC(=O)C(C)C)C(C)OC2=O)c1O. The van der Waals surface area contributed by atoms with Gasteiger partial charge < -0.3 is 29.4 Å². The third-order valence-electron chi connectivity index (χ3n) is 5.86. The summed E-state index contributed by atoms with van der Waals surface area (Å²) in [5, 5.41) is 12.6. The first-order chi connectivity index (χ1) is 18.0. The van der Waals surface area contributed by atoms with Crippen molar-refractivity contribution in [3.8, 4) is 11.5 Å². The Balaban J connectivity index is 1.88. The monoisotopic (exact) mass is 532 g/mol. The summed E-state index contributed by atoms with van der Waals surface area (Å²) in [6, 6.07) is 5.27. The number of ether oxygens (including phenoxy) is 4. The number of hydrogen-bond donors (Lipinski definition) is 2. The van der Waals surface area contributed by atoms with Gasteiger partial charge in [0.15, 0.2) is 29.3 Å². The van der Waals surface area contributed by atoms with Crippen LogP contribution in [0, 0.1) is 17.7 Å². The van der Waals surface area contributed by atoms with Crippen molar-refractivity contribution >= 4 is 23.8 Å². The largest absolute Gasteiger partial charge is 0.503 e. The molecule has 1 aliphatic rings. The summed E-state index contributed by atoms with van der Waals surface area (Å²) in [6.07, 6.45) is -1.13. The van der Waals surface area contributed by atoms with Gasteiger partial charge in [0.05, 0.1) is 13.0 Å². The van der Waals surface area contributed by atoms with Gasteiger partial charge in [0.25, 0.3) is 5.91 Å². The van der Waals surface area contributed by atoms with Crippen molar-refractivity contribution in [1.82, 2.24) is 10.3 Å². The molecule has 1 fully saturated rings. The van der Waals surface area contributed by atoms with Gasteiger partial charge in [-0.15, -0.1) is 0 Å². The highest BCUT2D eigenvalue weighted by molar-refractivity contribution is 5.98. The van der Waals surface area contributed by atoms with Gasteiger partial charge in [0.2, 0.25) is 0 Å². The van der Waals surface area contributed by atoms with Crippen LogP contribution in [0.15, 0.2) is 36.5 Å². The number of methoxy groups -OCH3 is 1. The second kappa shape index (κ2) is 12.3. The molecule has 4 unspecified atom stereocenters. The van der Waals surface area contributed by atoms with Gasteiger partial charge in [0, 0.05) is 12.3 Å². The summed E-state index contributed by atoms with van der Waals surface area (Å²) in [5.41, 5.74) is 0.135. The molecule has 2 aromatic rings. The second-order valence-corrected chi connectivity index (χ2v) is 9.00. The molecule has 12 heteroatoms. The van der Waals surface area contributed by atoms with Crippen molar-refractivity contribution in [1.29, 1.82) is 0 Å². The van der Waals surface area contributed by atoms with Gasteiger partial charge in [-0.3, -0.25) is 14.4 Å². The molecule has 3 rings (SSSR count).